The van der Waals surface area contributed by atoms with Gasteiger partial charge in [0.1, 0.15) is 5.75 Å². The zero-order valence-electron chi connectivity index (χ0n) is 19.8. The van der Waals surface area contributed by atoms with E-state index in [9.17, 15) is 0 Å². The molecule has 172 valence electrons. The van der Waals surface area contributed by atoms with Crippen LogP contribution in [0, 0.1) is 81.0 Å². The Labute approximate surface area is 213 Å². The van der Waals surface area contributed by atoms with E-state index in [1.165, 1.54) is 50.0 Å². The Morgan fingerprint density at radius 3 is 2.42 bits per heavy atom. The van der Waals surface area contributed by atoms with E-state index in [0.717, 1.165) is 23.5 Å². The molecule has 4 fully saturated rings. The van der Waals surface area contributed by atoms with Crippen molar-refractivity contribution in [3.05, 3.63) is 93.0 Å². The van der Waals surface area contributed by atoms with Crippen molar-refractivity contribution in [2.24, 2.45) is 22.2 Å². The van der Waals surface area contributed by atoms with Crippen LogP contribution >= 0.6 is 0 Å². The van der Waals surface area contributed by atoms with Gasteiger partial charge in [0.2, 0.25) is 0 Å². The summed E-state index contributed by atoms with van der Waals surface area (Å²) in [5.41, 5.74) is 3.62. The monoisotopic (exact) mass is 481 g/mol. The van der Waals surface area contributed by atoms with Crippen LogP contribution in [0.5, 0.6) is 5.75 Å². The van der Waals surface area contributed by atoms with E-state index < -0.39 is 0 Å². The summed E-state index contributed by atoms with van der Waals surface area (Å²) in [5.74, 6) is 4.66. The largest absolute Gasteiger partial charge is 2.00 e. The third kappa shape index (κ3) is 5.56. The van der Waals surface area contributed by atoms with E-state index in [1.807, 2.05) is 32.1 Å². The van der Waals surface area contributed by atoms with Crippen molar-refractivity contribution in [2.75, 3.05) is 7.11 Å². The van der Waals surface area contributed by atoms with Crippen LogP contribution in [-0.4, -0.2) is 19.4 Å². The zero-order chi connectivity index (χ0) is 22.0. The molecule has 0 aliphatic heterocycles. The smallest absolute Gasteiger partial charge is 0.497 e. The van der Waals surface area contributed by atoms with Gasteiger partial charge in [-0.05, 0) is 143 Å². The fraction of sp³-hybridized carbons (Fsp3) is 0.433. The number of nitrogens with zero attached hydrogens (tertiary/aromatic N) is 1. The van der Waals surface area contributed by atoms with Crippen molar-refractivity contribution in [2.45, 2.75) is 57.4 Å². The SMILES string of the molecule is COc1ccc2c(c1)CC[C@@H]1[C@@H]2CC[C@]2(C)C[C@@H](N=C[C]3[CH][CH][CH][CH]3)C[C@@H]12.[CH]1[CH][CH][CH][CH]1.[Fe+2]. The molecule has 0 spiro atoms. The molecule has 0 N–H and O–H groups in total. The maximum Gasteiger partial charge on any atom is 2.00 e. The molecule has 10 radical (unpaired) electrons. The van der Waals surface area contributed by atoms with Crippen molar-refractivity contribution in [1.29, 1.82) is 0 Å². The number of hydrogen-bond acceptors (Lipinski definition) is 2. The molecular formula is C30H35FeNO+2. The Kier molecular flexibility index (Phi) is 8.66. The maximum atomic E-state index is 5.46. The molecule has 2 nitrogen and oxygen atoms in total. The summed E-state index contributed by atoms with van der Waals surface area (Å²) in [7, 11) is 1.77. The van der Waals surface area contributed by atoms with Crippen molar-refractivity contribution in [3.63, 3.8) is 0 Å². The second-order valence-corrected chi connectivity index (χ2v) is 10.2. The summed E-state index contributed by atoms with van der Waals surface area (Å²) in [6, 6.07) is 7.30. The van der Waals surface area contributed by atoms with Crippen LogP contribution in [0.3, 0.4) is 0 Å². The molecule has 6 rings (SSSR count). The first kappa shape index (κ1) is 25.3. The van der Waals surface area contributed by atoms with E-state index in [1.54, 1.807) is 12.7 Å². The summed E-state index contributed by atoms with van der Waals surface area (Å²) in [6.07, 6.45) is 28.4. The minimum absolute atomic E-state index is 0. The van der Waals surface area contributed by atoms with Crippen molar-refractivity contribution in [3.8, 4) is 5.75 Å². The second-order valence-electron chi connectivity index (χ2n) is 10.2. The molecule has 1 aromatic carbocycles. The van der Waals surface area contributed by atoms with E-state index >= 15 is 0 Å². The average molecular weight is 481 g/mol. The number of methoxy groups -OCH3 is 1. The molecule has 0 bridgehead atoms. The average Bonchev–Trinajstić information content (AvgIpc) is 3.59. The van der Waals surface area contributed by atoms with Gasteiger partial charge >= 0.3 is 17.1 Å². The van der Waals surface area contributed by atoms with Gasteiger partial charge < -0.3 is 4.74 Å². The normalized spacial score (nSPS) is 35.2. The number of rotatable bonds is 3. The Hall–Kier alpha value is -0.791. The second kappa shape index (κ2) is 11.3. The van der Waals surface area contributed by atoms with Gasteiger partial charge in [0.25, 0.3) is 0 Å². The minimum atomic E-state index is 0. The molecule has 4 saturated carbocycles. The third-order valence-electron chi connectivity index (χ3n) is 8.36. The first-order chi connectivity index (χ1) is 15.7. The summed E-state index contributed by atoms with van der Waals surface area (Å²) in [4.78, 5) is 5.00. The maximum absolute atomic E-state index is 5.46. The van der Waals surface area contributed by atoms with E-state index in [0.29, 0.717) is 11.5 Å². The van der Waals surface area contributed by atoms with E-state index in [4.69, 9.17) is 9.73 Å². The molecule has 5 aliphatic carbocycles. The van der Waals surface area contributed by atoms with Gasteiger partial charge in [0.15, 0.2) is 0 Å². The number of aliphatic imine (C=N–C) groups is 1. The van der Waals surface area contributed by atoms with Gasteiger partial charge in [-0.2, -0.15) is 0 Å². The number of fused-ring (bicyclic) bond motifs is 5. The third-order valence-corrected chi connectivity index (χ3v) is 8.36. The van der Waals surface area contributed by atoms with Gasteiger partial charge in [-0.1, -0.05) is 13.0 Å². The van der Waals surface area contributed by atoms with Crippen molar-refractivity contribution < 1.29 is 21.8 Å². The quantitative estimate of drug-likeness (QED) is 0.361. The first-order valence-corrected chi connectivity index (χ1v) is 12.2. The zero-order valence-corrected chi connectivity index (χ0v) is 20.9. The molecule has 3 heteroatoms. The molecule has 5 aliphatic rings. The van der Waals surface area contributed by atoms with Gasteiger partial charge in [-0.3, -0.25) is 4.99 Å². The summed E-state index contributed by atoms with van der Waals surface area (Å²) in [5, 5.41) is 0. The van der Waals surface area contributed by atoms with Crippen LogP contribution in [0.4, 0.5) is 0 Å². The molecular weight excluding hydrogens is 446 g/mol. The number of aryl methyl sites for hydroxylation is 1. The molecule has 0 aromatic heterocycles. The molecule has 0 unspecified atom stereocenters. The predicted octanol–water partition coefficient (Wildman–Crippen LogP) is 6.41. The predicted molar refractivity (Wildman–Crippen MR) is 132 cm³/mol. The van der Waals surface area contributed by atoms with Crippen LogP contribution in [0.25, 0.3) is 0 Å². The van der Waals surface area contributed by atoms with Crippen LogP contribution < -0.4 is 4.74 Å². The van der Waals surface area contributed by atoms with Crippen LogP contribution in [0.1, 0.15) is 56.1 Å². The minimum Gasteiger partial charge on any atom is -0.497 e. The summed E-state index contributed by atoms with van der Waals surface area (Å²) in [6.45, 7) is 2.55. The summed E-state index contributed by atoms with van der Waals surface area (Å²) >= 11 is 0. The molecule has 0 amide bonds. The van der Waals surface area contributed by atoms with E-state index in [2.05, 4.69) is 57.0 Å². The van der Waals surface area contributed by atoms with Crippen molar-refractivity contribution in [1.82, 2.24) is 0 Å². The van der Waals surface area contributed by atoms with Crippen LogP contribution in [0.2, 0.25) is 0 Å². The summed E-state index contributed by atoms with van der Waals surface area (Å²) < 4.78 is 5.46. The number of hydrogen-bond donors (Lipinski definition) is 0. The molecule has 33 heavy (non-hydrogen) atoms. The Balaban J connectivity index is 0.000000385. The number of benzene rings is 1. The molecule has 0 heterocycles. The standard InChI is InChI=1S/C25H30NO.C5H5.Fe/c1-25-12-11-22-21-10-8-20(27-2)13-18(21)7-9-23(22)24(25)14-19(15-25)26-16-17-5-3-4-6-17;1-2-4-5-3-1;/h3-6,8,10,13,16,19,22-24H,7,9,11-12,14-15H2,1-2H3;1-5H;/q;;+2/t19-,22+,23+,24-,25+;;/m0../s1. The van der Waals surface area contributed by atoms with Crippen molar-refractivity contribution >= 4 is 6.21 Å². The fourth-order valence-corrected chi connectivity index (χ4v) is 6.81. The van der Waals surface area contributed by atoms with Gasteiger partial charge in [0, 0.05) is 12.1 Å². The van der Waals surface area contributed by atoms with Gasteiger partial charge in [-0.25, -0.2) is 0 Å². The van der Waals surface area contributed by atoms with Crippen LogP contribution in [-0.2, 0) is 23.5 Å². The van der Waals surface area contributed by atoms with Crippen LogP contribution in [0.15, 0.2) is 23.2 Å². The Morgan fingerprint density at radius 2 is 1.73 bits per heavy atom. The van der Waals surface area contributed by atoms with Gasteiger partial charge in [0.05, 0.1) is 13.2 Å². The molecule has 1 aromatic rings. The van der Waals surface area contributed by atoms with Gasteiger partial charge in [-0.15, -0.1) is 0 Å². The number of ether oxygens (including phenoxy) is 1. The molecule has 0 saturated heterocycles. The molecule has 5 atom stereocenters. The first-order valence-electron chi connectivity index (χ1n) is 12.2. The van der Waals surface area contributed by atoms with E-state index in [-0.39, 0.29) is 17.1 Å². The topological polar surface area (TPSA) is 21.6 Å². The fourth-order valence-electron chi connectivity index (χ4n) is 6.81. The Morgan fingerprint density at radius 1 is 1.00 bits per heavy atom. The Bertz CT molecular complexity index is 789.